The SMILES string of the molecule is CCCNC(CCC)c1ccn(CCN(C)C)c1. The Bertz CT molecular complexity index is 317. The van der Waals surface area contributed by atoms with E-state index in [1.54, 1.807) is 0 Å². The number of rotatable bonds is 9. The second-order valence-electron chi connectivity index (χ2n) is 5.28. The molecule has 1 atom stereocenters. The molecule has 0 aliphatic carbocycles. The molecule has 0 aromatic carbocycles. The van der Waals surface area contributed by atoms with Crippen LogP contribution in [-0.2, 0) is 6.54 Å². The molecule has 0 aliphatic rings. The summed E-state index contributed by atoms with van der Waals surface area (Å²) in [6, 6.07) is 2.79. The summed E-state index contributed by atoms with van der Waals surface area (Å²) >= 11 is 0. The topological polar surface area (TPSA) is 20.2 Å². The van der Waals surface area contributed by atoms with E-state index in [9.17, 15) is 0 Å². The van der Waals surface area contributed by atoms with Gasteiger partial charge in [0, 0.05) is 31.5 Å². The molecule has 18 heavy (non-hydrogen) atoms. The van der Waals surface area contributed by atoms with Crippen LogP contribution in [-0.4, -0.2) is 36.7 Å². The molecule has 0 bridgehead atoms. The van der Waals surface area contributed by atoms with E-state index in [0.717, 1.165) is 19.6 Å². The Labute approximate surface area is 112 Å². The summed E-state index contributed by atoms with van der Waals surface area (Å²) in [6.45, 7) is 7.74. The van der Waals surface area contributed by atoms with Gasteiger partial charge < -0.3 is 14.8 Å². The Morgan fingerprint density at radius 3 is 2.67 bits per heavy atom. The Morgan fingerprint density at radius 2 is 2.06 bits per heavy atom. The maximum absolute atomic E-state index is 3.64. The third-order valence-electron chi connectivity index (χ3n) is 3.20. The first kappa shape index (κ1) is 15.3. The number of hydrogen-bond acceptors (Lipinski definition) is 2. The van der Waals surface area contributed by atoms with Gasteiger partial charge in [0.25, 0.3) is 0 Å². The highest BCUT2D eigenvalue weighted by atomic mass is 15.1. The van der Waals surface area contributed by atoms with Gasteiger partial charge in [0.15, 0.2) is 0 Å². The lowest BCUT2D eigenvalue weighted by Crippen LogP contribution is -2.21. The Balaban J connectivity index is 2.56. The second kappa shape index (κ2) is 8.33. The molecule has 1 heterocycles. The van der Waals surface area contributed by atoms with Crippen LogP contribution < -0.4 is 5.32 Å². The highest BCUT2D eigenvalue weighted by molar-refractivity contribution is 5.15. The highest BCUT2D eigenvalue weighted by Gasteiger charge is 2.10. The summed E-state index contributed by atoms with van der Waals surface area (Å²) < 4.78 is 2.30. The molecule has 3 heteroatoms. The summed E-state index contributed by atoms with van der Waals surface area (Å²) in [4.78, 5) is 2.22. The molecule has 0 amide bonds. The zero-order valence-corrected chi connectivity index (χ0v) is 12.4. The summed E-state index contributed by atoms with van der Waals surface area (Å²) in [7, 11) is 4.24. The Hall–Kier alpha value is -0.800. The summed E-state index contributed by atoms with van der Waals surface area (Å²) in [5, 5.41) is 3.64. The Kier molecular flexibility index (Phi) is 7.06. The molecule has 104 valence electrons. The zero-order chi connectivity index (χ0) is 13.4. The van der Waals surface area contributed by atoms with Crippen molar-refractivity contribution in [3.63, 3.8) is 0 Å². The van der Waals surface area contributed by atoms with Crippen molar-refractivity contribution >= 4 is 0 Å². The van der Waals surface area contributed by atoms with E-state index >= 15 is 0 Å². The Morgan fingerprint density at radius 1 is 1.28 bits per heavy atom. The fraction of sp³-hybridized carbons (Fsp3) is 0.733. The summed E-state index contributed by atoms with van der Waals surface area (Å²) in [6.07, 6.45) is 8.14. The van der Waals surface area contributed by atoms with E-state index in [0.29, 0.717) is 6.04 Å². The van der Waals surface area contributed by atoms with Crippen LogP contribution in [0.15, 0.2) is 18.5 Å². The van der Waals surface area contributed by atoms with Crippen molar-refractivity contribution in [3.05, 3.63) is 24.0 Å². The minimum absolute atomic E-state index is 0.524. The first-order valence-electron chi connectivity index (χ1n) is 7.21. The van der Waals surface area contributed by atoms with Crippen LogP contribution in [0.3, 0.4) is 0 Å². The van der Waals surface area contributed by atoms with Gasteiger partial charge in [-0.15, -0.1) is 0 Å². The number of hydrogen-bond donors (Lipinski definition) is 1. The third kappa shape index (κ3) is 5.23. The van der Waals surface area contributed by atoms with Crippen LogP contribution in [0.2, 0.25) is 0 Å². The lowest BCUT2D eigenvalue weighted by molar-refractivity contribution is 0.384. The van der Waals surface area contributed by atoms with Gasteiger partial charge in [0.1, 0.15) is 0 Å². The fourth-order valence-electron chi connectivity index (χ4n) is 2.11. The predicted octanol–water partition coefficient (Wildman–Crippen LogP) is 2.89. The van der Waals surface area contributed by atoms with Crippen molar-refractivity contribution in [1.29, 1.82) is 0 Å². The van der Waals surface area contributed by atoms with Gasteiger partial charge in [0.2, 0.25) is 0 Å². The summed E-state index contributed by atoms with van der Waals surface area (Å²) in [5.74, 6) is 0. The van der Waals surface area contributed by atoms with Crippen molar-refractivity contribution in [2.24, 2.45) is 0 Å². The van der Waals surface area contributed by atoms with Gasteiger partial charge in [-0.3, -0.25) is 0 Å². The maximum Gasteiger partial charge on any atom is 0.0347 e. The molecule has 1 rings (SSSR count). The molecule has 0 fully saturated rings. The highest BCUT2D eigenvalue weighted by Crippen LogP contribution is 2.18. The molecule has 3 nitrogen and oxygen atoms in total. The molecule has 1 aromatic rings. The van der Waals surface area contributed by atoms with Gasteiger partial charge in [-0.1, -0.05) is 20.3 Å². The lowest BCUT2D eigenvalue weighted by Gasteiger charge is -2.16. The lowest BCUT2D eigenvalue weighted by atomic mass is 10.1. The number of likely N-dealkylation sites (N-methyl/N-ethyl adjacent to an activating group) is 1. The van der Waals surface area contributed by atoms with Gasteiger partial charge in [-0.25, -0.2) is 0 Å². The van der Waals surface area contributed by atoms with Crippen LogP contribution >= 0.6 is 0 Å². The van der Waals surface area contributed by atoms with E-state index in [1.807, 2.05) is 0 Å². The minimum Gasteiger partial charge on any atom is -0.353 e. The number of nitrogens with one attached hydrogen (secondary N) is 1. The van der Waals surface area contributed by atoms with Gasteiger partial charge >= 0.3 is 0 Å². The number of nitrogens with zero attached hydrogens (tertiary/aromatic N) is 2. The molecule has 0 radical (unpaired) electrons. The van der Waals surface area contributed by atoms with Gasteiger partial charge in [-0.2, -0.15) is 0 Å². The zero-order valence-electron chi connectivity index (χ0n) is 12.4. The molecule has 1 aromatic heterocycles. The van der Waals surface area contributed by atoms with Crippen molar-refractivity contribution in [3.8, 4) is 0 Å². The van der Waals surface area contributed by atoms with E-state index in [-0.39, 0.29) is 0 Å². The predicted molar refractivity (Wildman–Crippen MR) is 78.9 cm³/mol. The van der Waals surface area contributed by atoms with Crippen LogP contribution in [0.5, 0.6) is 0 Å². The molecule has 0 spiro atoms. The number of aromatic nitrogens is 1. The summed E-state index contributed by atoms with van der Waals surface area (Å²) in [5.41, 5.74) is 1.43. The smallest absolute Gasteiger partial charge is 0.0347 e. The molecule has 1 unspecified atom stereocenters. The van der Waals surface area contributed by atoms with Crippen molar-refractivity contribution in [1.82, 2.24) is 14.8 Å². The van der Waals surface area contributed by atoms with Crippen molar-refractivity contribution < 1.29 is 0 Å². The van der Waals surface area contributed by atoms with E-state index in [2.05, 4.69) is 61.2 Å². The monoisotopic (exact) mass is 251 g/mol. The molecular formula is C15H29N3. The van der Waals surface area contributed by atoms with Crippen LogP contribution in [0.4, 0.5) is 0 Å². The second-order valence-corrected chi connectivity index (χ2v) is 5.28. The van der Waals surface area contributed by atoms with Crippen molar-refractivity contribution in [2.45, 2.75) is 45.7 Å². The molecule has 0 saturated carbocycles. The average Bonchev–Trinajstić information content (AvgIpc) is 2.80. The van der Waals surface area contributed by atoms with Gasteiger partial charge in [0.05, 0.1) is 0 Å². The van der Waals surface area contributed by atoms with E-state index in [1.165, 1.54) is 24.8 Å². The van der Waals surface area contributed by atoms with E-state index < -0.39 is 0 Å². The quantitative estimate of drug-likeness (QED) is 0.728. The van der Waals surface area contributed by atoms with Crippen LogP contribution in [0.1, 0.15) is 44.7 Å². The first-order valence-corrected chi connectivity index (χ1v) is 7.21. The fourth-order valence-corrected chi connectivity index (χ4v) is 2.11. The molecule has 0 aliphatic heterocycles. The van der Waals surface area contributed by atoms with Crippen LogP contribution in [0.25, 0.3) is 0 Å². The minimum atomic E-state index is 0.524. The third-order valence-corrected chi connectivity index (χ3v) is 3.20. The molecular weight excluding hydrogens is 222 g/mol. The van der Waals surface area contributed by atoms with Crippen LogP contribution in [0, 0.1) is 0 Å². The first-order chi connectivity index (χ1) is 8.67. The standard InChI is InChI=1S/C15H29N3/c1-5-7-15(16-9-6-2)14-8-10-18(13-14)12-11-17(3)4/h8,10,13,15-16H,5-7,9,11-12H2,1-4H3. The maximum atomic E-state index is 3.64. The molecule has 0 saturated heterocycles. The largest absolute Gasteiger partial charge is 0.353 e. The van der Waals surface area contributed by atoms with Gasteiger partial charge in [-0.05, 0) is 45.1 Å². The van der Waals surface area contributed by atoms with E-state index in [4.69, 9.17) is 0 Å². The average molecular weight is 251 g/mol. The normalized spacial score (nSPS) is 13.2. The van der Waals surface area contributed by atoms with Crippen molar-refractivity contribution in [2.75, 3.05) is 27.2 Å². The molecule has 1 N–H and O–H groups in total.